The average molecular weight is 657 g/mol. The predicted molar refractivity (Wildman–Crippen MR) is 136 cm³/mol. The molecule has 0 bridgehead atoms. The lowest BCUT2D eigenvalue weighted by Crippen LogP contribution is -2.52. The molecule has 5 atom stereocenters. The van der Waals surface area contributed by atoms with Gasteiger partial charge >= 0.3 is 18.0 Å². The van der Waals surface area contributed by atoms with Gasteiger partial charge in [-0.1, -0.05) is 18.2 Å². The van der Waals surface area contributed by atoms with Crippen molar-refractivity contribution < 1.29 is 57.5 Å². The van der Waals surface area contributed by atoms with Gasteiger partial charge in [0.25, 0.3) is 5.91 Å². The number of carbonyl (C=O) groups is 2. The molecule has 5 rings (SSSR count). The highest BCUT2D eigenvalue weighted by Crippen LogP contribution is 2.59. The van der Waals surface area contributed by atoms with Crippen molar-refractivity contribution in [2.75, 3.05) is 7.05 Å². The van der Waals surface area contributed by atoms with E-state index in [1.165, 1.54) is 7.05 Å². The fraction of sp³-hybridized carbons (Fsp3) is 0.500. The van der Waals surface area contributed by atoms with Gasteiger partial charge in [-0.05, 0) is 61.1 Å². The van der Waals surface area contributed by atoms with E-state index in [-0.39, 0.29) is 47.8 Å². The first kappa shape index (κ1) is 32.1. The van der Waals surface area contributed by atoms with Gasteiger partial charge < -0.3 is 10.2 Å². The lowest BCUT2D eigenvalue weighted by molar-refractivity contribution is -0.348. The van der Waals surface area contributed by atoms with Crippen LogP contribution < -0.4 is 5.32 Å². The first-order valence-corrected chi connectivity index (χ1v) is 14.9. The van der Waals surface area contributed by atoms with Crippen LogP contribution in [0.3, 0.4) is 0 Å². The monoisotopic (exact) mass is 656 g/mol. The Hall–Kier alpha value is -3.30. The molecule has 2 fully saturated rings. The van der Waals surface area contributed by atoms with Crippen LogP contribution in [0, 0.1) is 11.7 Å². The molecule has 0 spiro atoms. The van der Waals surface area contributed by atoms with Gasteiger partial charge in [-0.25, -0.2) is 21.6 Å². The van der Waals surface area contributed by atoms with Crippen LogP contribution in [0.25, 0.3) is 0 Å². The summed E-state index contributed by atoms with van der Waals surface area (Å²) in [6.07, 6.45) is -15.8. The summed E-state index contributed by atoms with van der Waals surface area (Å²) in [6, 6.07) is 2.92. The zero-order valence-corrected chi connectivity index (χ0v) is 23.6. The number of rotatable bonds is 5. The molecular weight excluding hydrogens is 631 g/mol. The first-order valence-electron chi connectivity index (χ1n) is 13.4. The van der Waals surface area contributed by atoms with Gasteiger partial charge in [0.2, 0.25) is 5.91 Å². The van der Waals surface area contributed by atoms with Crippen LogP contribution in [-0.4, -0.2) is 62.8 Å². The molecule has 2 aromatic rings. The number of nitrogens with zero attached hydrogens (tertiary/aromatic N) is 1. The Morgan fingerprint density at radius 3 is 2.14 bits per heavy atom. The van der Waals surface area contributed by atoms with E-state index < -0.39 is 86.4 Å². The molecule has 3 aliphatic rings. The number of halogens is 9. The summed E-state index contributed by atoms with van der Waals surface area (Å²) in [5, 5.41) is 2.67. The first-order chi connectivity index (χ1) is 20.3. The van der Waals surface area contributed by atoms with Crippen molar-refractivity contribution in [1.82, 2.24) is 10.2 Å². The lowest BCUT2D eigenvalue weighted by atomic mass is 9.74. The number of aryl methyl sites for hydroxylation is 1. The highest BCUT2D eigenvalue weighted by molar-refractivity contribution is 7.92. The van der Waals surface area contributed by atoms with Crippen molar-refractivity contribution in [2.45, 2.75) is 78.0 Å². The third kappa shape index (κ3) is 4.57. The van der Waals surface area contributed by atoms with E-state index in [4.69, 9.17) is 0 Å². The maximum atomic E-state index is 14.9. The summed E-state index contributed by atoms with van der Waals surface area (Å²) in [5.41, 5.74) is -7.92. The average Bonchev–Trinajstić information content (AvgIpc) is 3.44. The van der Waals surface area contributed by atoms with Crippen LogP contribution in [-0.2, 0) is 36.3 Å². The number of sulfone groups is 1. The van der Waals surface area contributed by atoms with E-state index in [1.807, 2.05) is 0 Å². The van der Waals surface area contributed by atoms with Crippen LogP contribution in [0.1, 0.15) is 42.4 Å². The van der Waals surface area contributed by atoms with Gasteiger partial charge in [0.15, 0.2) is 16.0 Å². The molecule has 1 saturated carbocycles. The molecule has 0 unspecified atom stereocenters. The Bertz CT molecular complexity index is 1580. The summed E-state index contributed by atoms with van der Waals surface area (Å²) in [6.45, 7) is 0. The second kappa shape index (κ2) is 10.4. The highest BCUT2D eigenvalue weighted by Gasteiger charge is 2.74. The third-order valence-electron chi connectivity index (χ3n) is 9.12. The Balaban J connectivity index is 1.62. The minimum atomic E-state index is -6.38. The highest BCUT2D eigenvalue weighted by atomic mass is 32.2. The Labute approximate surface area is 245 Å². The molecule has 2 amide bonds. The Morgan fingerprint density at radius 1 is 0.977 bits per heavy atom. The summed E-state index contributed by atoms with van der Waals surface area (Å²) < 4.78 is 150. The fourth-order valence-corrected chi connectivity index (χ4v) is 9.41. The zero-order chi connectivity index (χ0) is 32.6. The van der Waals surface area contributed by atoms with E-state index in [2.05, 4.69) is 5.32 Å². The SMILES string of the molecule is CN1C(=O)[C@@H](F)C[C@@H]1C(=O)N[C@@H]1CC[C@@]2(S(=O)(=O)c3ccc(F)cc3)c3ccc(C(F)(C(F)(F)F)C(F)(F)F)cc3CC[C@@H]12. The Morgan fingerprint density at radius 2 is 1.59 bits per heavy atom. The summed E-state index contributed by atoms with van der Waals surface area (Å²) in [7, 11) is -3.36. The largest absolute Gasteiger partial charge is 0.435 e. The van der Waals surface area contributed by atoms with Crippen LogP contribution >= 0.6 is 0 Å². The molecule has 2 aromatic carbocycles. The molecule has 0 radical (unpaired) electrons. The number of amides is 2. The smallest absolute Gasteiger partial charge is 0.351 e. The fourth-order valence-electron chi connectivity index (χ4n) is 6.94. The Kier molecular flexibility index (Phi) is 7.57. The number of likely N-dealkylation sites (N-methyl/N-ethyl adjacent to an activating group) is 1. The summed E-state index contributed by atoms with van der Waals surface area (Å²) >= 11 is 0. The quantitative estimate of drug-likeness (QED) is 0.355. The van der Waals surface area contributed by atoms with Gasteiger partial charge in [-0.15, -0.1) is 0 Å². The number of fused-ring (bicyclic) bond motifs is 3. The van der Waals surface area contributed by atoms with E-state index in [0.29, 0.717) is 6.07 Å². The van der Waals surface area contributed by atoms with Gasteiger partial charge in [0.05, 0.1) is 4.90 Å². The van der Waals surface area contributed by atoms with Crippen LogP contribution in [0.2, 0.25) is 0 Å². The molecule has 1 heterocycles. The van der Waals surface area contributed by atoms with Gasteiger partial charge in [-0.3, -0.25) is 9.59 Å². The summed E-state index contributed by atoms with van der Waals surface area (Å²) in [4.78, 5) is 25.5. The molecule has 6 nitrogen and oxygen atoms in total. The number of likely N-dealkylation sites (tertiary alicyclic amines) is 1. The molecule has 2 aliphatic carbocycles. The maximum Gasteiger partial charge on any atom is 0.435 e. The van der Waals surface area contributed by atoms with Crippen molar-refractivity contribution in [1.29, 1.82) is 0 Å². The van der Waals surface area contributed by atoms with Crippen LogP contribution in [0.15, 0.2) is 47.4 Å². The number of nitrogens with one attached hydrogen (secondary N) is 1. The molecule has 240 valence electrons. The van der Waals surface area contributed by atoms with Gasteiger partial charge in [0, 0.05) is 31.0 Å². The normalized spacial score (nSPS) is 27.7. The number of carbonyl (C=O) groups excluding carboxylic acids is 2. The van der Waals surface area contributed by atoms with Gasteiger partial charge in [0.1, 0.15) is 16.6 Å². The molecule has 16 heteroatoms. The van der Waals surface area contributed by atoms with Crippen LogP contribution in [0.4, 0.5) is 39.5 Å². The van der Waals surface area contributed by atoms with E-state index >= 15 is 0 Å². The van der Waals surface area contributed by atoms with Crippen molar-refractivity contribution in [3.05, 3.63) is 65.0 Å². The van der Waals surface area contributed by atoms with Crippen molar-refractivity contribution in [3.8, 4) is 0 Å². The summed E-state index contributed by atoms with van der Waals surface area (Å²) in [5.74, 6) is -3.44. The predicted octanol–water partition coefficient (Wildman–Crippen LogP) is 5.19. The number of hydrogen-bond acceptors (Lipinski definition) is 4. The second-order valence-electron chi connectivity index (χ2n) is 11.3. The van der Waals surface area contributed by atoms with Crippen molar-refractivity contribution >= 4 is 21.7 Å². The second-order valence-corrected chi connectivity index (χ2v) is 13.5. The molecule has 0 aromatic heterocycles. The third-order valence-corrected chi connectivity index (χ3v) is 11.7. The number of hydrogen-bond donors (Lipinski definition) is 1. The van der Waals surface area contributed by atoms with E-state index in [9.17, 15) is 57.5 Å². The zero-order valence-electron chi connectivity index (χ0n) is 22.8. The molecule has 1 aliphatic heterocycles. The van der Waals surface area contributed by atoms with Crippen molar-refractivity contribution in [2.24, 2.45) is 5.92 Å². The molecule has 44 heavy (non-hydrogen) atoms. The standard InChI is InChI=1S/C28H25F9N2O4S/c1-39-22(13-20(30)24(39)41)23(40)38-21-10-11-25(44(42,43)17-6-4-16(29)5-7-17)18-9-3-15(12-14(18)2-8-19(21)25)26(31,27(32,33)34)28(35,36)37/h3-7,9,12,19-22H,2,8,10-11,13H2,1H3,(H,38,40)/t19-,20-,21+,22+,25+/m0/s1. The molecule has 1 N–H and O–H groups in total. The van der Waals surface area contributed by atoms with Gasteiger partial charge in [-0.2, -0.15) is 26.3 Å². The minimum Gasteiger partial charge on any atom is -0.351 e. The van der Waals surface area contributed by atoms with Crippen molar-refractivity contribution in [3.63, 3.8) is 0 Å². The van der Waals surface area contributed by atoms with E-state index in [0.717, 1.165) is 35.2 Å². The number of benzene rings is 2. The lowest BCUT2D eigenvalue weighted by Gasteiger charge is -2.43. The van der Waals surface area contributed by atoms with Crippen LogP contribution in [0.5, 0.6) is 0 Å². The van der Waals surface area contributed by atoms with E-state index in [1.54, 1.807) is 0 Å². The molecule has 1 saturated heterocycles. The topological polar surface area (TPSA) is 83.6 Å². The minimum absolute atomic E-state index is 0.0282. The molecular formula is C28H25F9N2O4S. The maximum absolute atomic E-state index is 14.9. The number of alkyl halides is 8.